The van der Waals surface area contributed by atoms with Crippen molar-refractivity contribution >= 4 is 23.1 Å². The molecule has 1 N–H and O–H groups in total. The molecule has 2 aliphatic rings. The molecule has 1 aromatic carbocycles. The first-order valence-corrected chi connectivity index (χ1v) is 11.3. The van der Waals surface area contributed by atoms with Gasteiger partial charge in [-0.25, -0.2) is 4.79 Å². The van der Waals surface area contributed by atoms with Crippen molar-refractivity contribution in [2.75, 3.05) is 5.32 Å². The number of rotatable bonds is 1. The second-order valence-corrected chi connectivity index (χ2v) is 9.41. The number of urea groups is 1. The number of carbonyl (C=O) groups is 1. The summed E-state index contributed by atoms with van der Waals surface area (Å²) in [6.45, 7) is 6.97. The Morgan fingerprint density at radius 1 is 1.10 bits per heavy atom. The highest BCUT2D eigenvalue weighted by atomic mass is 32.1. The number of carbonyl (C=O) groups excluding carboxylic acids is 1. The van der Waals surface area contributed by atoms with E-state index >= 15 is 0 Å². The zero-order valence-electron chi connectivity index (χ0n) is 17.3. The lowest BCUT2D eigenvalue weighted by Crippen LogP contribution is -2.36. The van der Waals surface area contributed by atoms with Gasteiger partial charge in [0.05, 0.1) is 12.6 Å². The van der Waals surface area contributed by atoms with Crippen LogP contribution in [0.15, 0.2) is 36.5 Å². The van der Waals surface area contributed by atoms with Crippen LogP contribution in [-0.2, 0) is 19.4 Å². The SMILES string of the molecule is Cc1ccc(NC(=O)N2Cc3c(sc4c3CCCC4)-n3cccc3C2C)cc1C. The Kier molecular flexibility index (Phi) is 4.50. The van der Waals surface area contributed by atoms with Crippen LogP contribution in [0.25, 0.3) is 5.00 Å². The number of thiophene rings is 1. The van der Waals surface area contributed by atoms with Crippen molar-refractivity contribution in [3.63, 3.8) is 0 Å². The number of hydrogen-bond donors (Lipinski definition) is 1. The summed E-state index contributed by atoms with van der Waals surface area (Å²) in [5, 5.41) is 4.46. The molecule has 150 valence electrons. The third-order valence-corrected chi connectivity index (χ3v) is 7.84. The summed E-state index contributed by atoms with van der Waals surface area (Å²) in [4.78, 5) is 16.9. The molecule has 3 heterocycles. The number of aryl methyl sites for hydroxylation is 3. The van der Waals surface area contributed by atoms with Gasteiger partial charge in [0.2, 0.25) is 0 Å². The van der Waals surface area contributed by atoms with Crippen LogP contribution >= 0.6 is 11.3 Å². The highest BCUT2D eigenvalue weighted by Crippen LogP contribution is 2.42. The number of anilines is 1. The van der Waals surface area contributed by atoms with Gasteiger partial charge in [-0.15, -0.1) is 11.3 Å². The maximum Gasteiger partial charge on any atom is 0.322 e. The third kappa shape index (κ3) is 3.08. The fourth-order valence-electron chi connectivity index (χ4n) is 4.62. The Labute approximate surface area is 176 Å². The molecule has 4 nitrogen and oxygen atoms in total. The van der Waals surface area contributed by atoms with Gasteiger partial charge < -0.3 is 14.8 Å². The van der Waals surface area contributed by atoms with Crippen LogP contribution < -0.4 is 5.32 Å². The third-order valence-electron chi connectivity index (χ3n) is 6.50. The molecule has 2 amide bonds. The highest BCUT2D eigenvalue weighted by molar-refractivity contribution is 7.15. The van der Waals surface area contributed by atoms with Gasteiger partial charge in [-0.05, 0) is 87.4 Å². The predicted octanol–water partition coefficient (Wildman–Crippen LogP) is 6.14. The quantitative estimate of drug-likeness (QED) is 0.518. The lowest BCUT2D eigenvalue weighted by Gasteiger charge is -2.28. The first-order chi connectivity index (χ1) is 14.0. The fourth-order valence-corrected chi connectivity index (χ4v) is 6.03. The maximum atomic E-state index is 13.4. The molecule has 0 spiro atoms. The van der Waals surface area contributed by atoms with Crippen LogP contribution in [0.4, 0.5) is 10.5 Å². The maximum absolute atomic E-state index is 13.4. The Balaban J connectivity index is 1.53. The standard InChI is InChI=1S/C24H27N3OS/c1-15-10-11-18(13-16(15)2)25-24(28)27-14-20-19-7-4-5-9-22(19)29-23(20)26-12-6-8-21(26)17(27)3/h6,8,10-13,17H,4-5,7,9,14H2,1-3H3,(H,25,28). The van der Waals surface area contributed by atoms with Crippen LogP contribution in [0.3, 0.4) is 0 Å². The van der Waals surface area contributed by atoms with E-state index in [-0.39, 0.29) is 12.1 Å². The Hall–Kier alpha value is -2.53. The molecule has 3 aromatic rings. The molecule has 1 unspecified atom stereocenters. The smallest absolute Gasteiger partial charge is 0.312 e. The first-order valence-electron chi connectivity index (χ1n) is 10.5. The average molecular weight is 406 g/mol. The summed E-state index contributed by atoms with van der Waals surface area (Å²) < 4.78 is 2.31. The van der Waals surface area contributed by atoms with Crippen molar-refractivity contribution in [1.82, 2.24) is 9.47 Å². The van der Waals surface area contributed by atoms with Crippen molar-refractivity contribution in [2.45, 2.75) is 59.0 Å². The highest BCUT2D eigenvalue weighted by Gasteiger charge is 2.32. The van der Waals surface area contributed by atoms with E-state index in [2.05, 4.69) is 61.1 Å². The fraction of sp³-hybridized carbons (Fsp3) is 0.375. The van der Waals surface area contributed by atoms with Crippen LogP contribution in [0.5, 0.6) is 0 Å². The number of amides is 2. The number of hydrogen-bond acceptors (Lipinski definition) is 2. The Bertz CT molecular complexity index is 1090. The van der Waals surface area contributed by atoms with Crippen LogP contribution in [0, 0.1) is 13.8 Å². The molecular weight excluding hydrogens is 378 g/mol. The van der Waals surface area contributed by atoms with Gasteiger partial charge >= 0.3 is 6.03 Å². The Morgan fingerprint density at radius 2 is 1.93 bits per heavy atom. The monoisotopic (exact) mass is 405 g/mol. The lowest BCUT2D eigenvalue weighted by molar-refractivity contribution is 0.189. The van der Waals surface area contributed by atoms with E-state index in [9.17, 15) is 4.79 Å². The van der Waals surface area contributed by atoms with E-state index in [0.29, 0.717) is 6.54 Å². The summed E-state index contributed by atoms with van der Waals surface area (Å²) >= 11 is 1.93. The van der Waals surface area contributed by atoms with Gasteiger partial charge in [0.25, 0.3) is 0 Å². The number of nitrogens with one attached hydrogen (secondary N) is 1. The van der Waals surface area contributed by atoms with E-state index in [4.69, 9.17) is 0 Å². The van der Waals surface area contributed by atoms with E-state index in [1.807, 2.05) is 22.3 Å². The molecule has 1 atom stereocenters. The van der Waals surface area contributed by atoms with Gasteiger partial charge in [0.15, 0.2) is 0 Å². The lowest BCUT2D eigenvalue weighted by atomic mass is 9.95. The number of fused-ring (bicyclic) bond motifs is 5. The van der Waals surface area contributed by atoms with Gasteiger partial charge in [-0.2, -0.15) is 0 Å². The van der Waals surface area contributed by atoms with E-state index < -0.39 is 0 Å². The molecule has 5 rings (SSSR count). The summed E-state index contributed by atoms with van der Waals surface area (Å²) in [5.74, 6) is 0. The second kappa shape index (κ2) is 7.06. The molecule has 0 saturated carbocycles. The second-order valence-electron chi connectivity index (χ2n) is 8.33. The summed E-state index contributed by atoms with van der Waals surface area (Å²) in [5.41, 5.74) is 7.30. The van der Waals surface area contributed by atoms with Crippen molar-refractivity contribution in [2.24, 2.45) is 0 Å². The van der Waals surface area contributed by atoms with Crippen LogP contribution in [0.1, 0.15) is 58.6 Å². The molecule has 0 bridgehead atoms. The Morgan fingerprint density at radius 3 is 2.76 bits per heavy atom. The zero-order chi connectivity index (χ0) is 20.1. The molecule has 2 aromatic heterocycles. The topological polar surface area (TPSA) is 37.3 Å². The van der Waals surface area contributed by atoms with Gasteiger partial charge in [0.1, 0.15) is 5.00 Å². The number of nitrogens with zero attached hydrogens (tertiary/aromatic N) is 2. The largest absolute Gasteiger partial charge is 0.322 e. The average Bonchev–Trinajstić information content (AvgIpc) is 3.30. The molecular formula is C24H27N3OS. The molecule has 0 saturated heterocycles. The van der Waals surface area contributed by atoms with Crippen molar-refractivity contribution in [1.29, 1.82) is 0 Å². The molecule has 5 heteroatoms. The van der Waals surface area contributed by atoms with Crippen LogP contribution in [0.2, 0.25) is 0 Å². The molecule has 1 aliphatic heterocycles. The predicted molar refractivity (Wildman–Crippen MR) is 119 cm³/mol. The first kappa shape index (κ1) is 18.5. The minimum absolute atomic E-state index is 0.00962. The molecule has 0 fully saturated rings. The molecule has 1 aliphatic carbocycles. The van der Waals surface area contributed by atoms with Crippen molar-refractivity contribution in [3.05, 3.63) is 69.4 Å². The summed E-state index contributed by atoms with van der Waals surface area (Å²) in [6.07, 6.45) is 6.99. The summed E-state index contributed by atoms with van der Waals surface area (Å²) in [6, 6.07) is 10.3. The molecule has 29 heavy (non-hydrogen) atoms. The zero-order valence-corrected chi connectivity index (χ0v) is 18.1. The van der Waals surface area contributed by atoms with E-state index in [1.54, 1.807) is 0 Å². The molecule has 0 radical (unpaired) electrons. The van der Waals surface area contributed by atoms with Gasteiger partial charge in [-0.3, -0.25) is 0 Å². The number of aromatic nitrogens is 1. The van der Waals surface area contributed by atoms with Gasteiger partial charge in [0, 0.05) is 28.0 Å². The van der Waals surface area contributed by atoms with Crippen molar-refractivity contribution < 1.29 is 4.79 Å². The summed E-state index contributed by atoms with van der Waals surface area (Å²) in [7, 11) is 0. The van der Waals surface area contributed by atoms with Crippen LogP contribution in [-0.4, -0.2) is 15.5 Å². The van der Waals surface area contributed by atoms with E-state index in [1.165, 1.54) is 57.1 Å². The number of benzene rings is 1. The van der Waals surface area contributed by atoms with Gasteiger partial charge in [-0.1, -0.05) is 6.07 Å². The normalized spacial score (nSPS) is 17.9. The minimum atomic E-state index is -0.0305. The minimum Gasteiger partial charge on any atom is -0.312 e. The van der Waals surface area contributed by atoms with E-state index in [0.717, 1.165) is 12.1 Å². The van der Waals surface area contributed by atoms with Crippen molar-refractivity contribution in [3.8, 4) is 5.00 Å².